The molecule has 0 aromatic rings. The van der Waals surface area contributed by atoms with E-state index in [1.165, 1.54) is 32.6 Å². The molecule has 0 radical (unpaired) electrons. The van der Waals surface area contributed by atoms with Crippen molar-refractivity contribution in [3.63, 3.8) is 0 Å². The topological polar surface area (TPSA) is 18.5 Å². The first-order chi connectivity index (χ1) is 16.0. The highest BCUT2D eigenvalue weighted by atomic mass is 19.4. The Kier molecular flexibility index (Phi) is 10.9. The summed E-state index contributed by atoms with van der Waals surface area (Å²) < 4.78 is 85.2. The zero-order valence-corrected chi connectivity index (χ0v) is 22.3. The van der Waals surface area contributed by atoms with Crippen LogP contribution in [0.15, 0.2) is 0 Å². The zero-order chi connectivity index (χ0) is 26.6. The van der Waals surface area contributed by atoms with Gasteiger partial charge in [-0.3, -0.25) is 0 Å². The third-order valence-corrected chi connectivity index (χ3v) is 9.15. The van der Waals surface area contributed by atoms with Crippen LogP contribution in [0.5, 0.6) is 0 Å². The molecule has 7 atom stereocenters. The van der Waals surface area contributed by atoms with Crippen molar-refractivity contribution in [3.8, 4) is 0 Å². The normalized spacial score (nSPS) is 30.4. The molecule has 2 aliphatic rings. The Morgan fingerprint density at radius 1 is 0.743 bits per heavy atom. The van der Waals surface area contributed by atoms with Crippen molar-refractivity contribution in [2.75, 3.05) is 13.2 Å². The number of hydrogen-bond donors (Lipinski definition) is 0. The maximum Gasteiger partial charge on any atom is 0.411 e. The molecule has 35 heavy (non-hydrogen) atoms. The van der Waals surface area contributed by atoms with Crippen molar-refractivity contribution in [2.24, 2.45) is 47.3 Å². The van der Waals surface area contributed by atoms with Crippen LogP contribution < -0.4 is 0 Å². The molecule has 2 fully saturated rings. The van der Waals surface area contributed by atoms with Gasteiger partial charge in [0.05, 0.1) is 0 Å². The van der Waals surface area contributed by atoms with Gasteiger partial charge in [0, 0.05) is 6.42 Å². The summed E-state index contributed by atoms with van der Waals surface area (Å²) in [5.41, 5.74) is 0. The van der Waals surface area contributed by atoms with Gasteiger partial charge in [-0.25, -0.2) is 0 Å². The summed E-state index contributed by atoms with van der Waals surface area (Å²) in [5.74, 6) is 3.43. The van der Waals surface area contributed by atoms with E-state index in [0.717, 1.165) is 36.5 Å². The minimum atomic E-state index is -4.62. The van der Waals surface area contributed by atoms with E-state index in [1.54, 1.807) is 0 Å². The molecular weight excluding hydrogens is 470 g/mol. The zero-order valence-electron chi connectivity index (χ0n) is 22.3. The first kappa shape index (κ1) is 30.7. The van der Waals surface area contributed by atoms with Crippen molar-refractivity contribution in [1.29, 1.82) is 0 Å². The molecule has 0 N–H and O–H groups in total. The Bertz CT molecular complexity index is 606. The van der Waals surface area contributed by atoms with Crippen molar-refractivity contribution in [3.05, 3.63) is 0 Å². The number of alkyl halides is 6. The van der Waals surface area contributed by atoms with Crippen molar-refractivity contribution in [1.82, 2.24) is 0 Å². The van der Waals surface area contributed by atoms with Gasteiger partial charge < -0.3 is 9.47 Å². The first-order valence-electron chi connectivity index (χ1n) is 13.4. The molecule has 0 aromatic carbocycles. The van der Waals surface area contributed by atoms with E-state index in [-0.39, 0.29) is 12.3 Å². The molecule has 5 unspecified atom stereocenters. The van der Waals surface area contributed by atoms with Gasteiger partial charge >= 0.3 is 12.4 Å². The highest BCUT2D eigenvalue weighted by Gasteiger charge is 2.43. The predicted molar refractivity (Wildman–Crippen MR) is 126 cm³/mol. The quantitative estimate of drug-likeness (QED) is 0.160. The average molecular weight is 517 g/mol. The molecule has 2 nitrogen and oxygen atoms in total. The number of ether oxygens (including phenoxy) is 2. The summed E-state index contributed by atoms with van der Waals surface area (Å²) in [6.07, 6.45) is -1.58. The molecule has 0 heterocycles. The highest BCUT2D eigenvalue weighted by molar-refractivity contribution is 4.91. The number of halogens is 6. The van der Waals surface area contributed by atoms with E-state index in [0.29, 0.717) is 24.2 Å². The van der Waals surface area contributed by atoms with E-state index in [2.05, 4.69) is 34.6 Å². The minimum Gasteiger partial charge on any atom is -0.341 e. The second kappa shape index (κ2) is 12.4. The second-order valence-corrected chi connectivity index (χ2v) is 12.0. The van der Waals surface area contributed by atoms with Gasteiger partial charge in [0.1, 0.15) is 13.2 Å². The van der Waals surface area contributed by atoms with E-state index in [1.807, 2.05) is 0 Å². The fourth-order valence-electron chi connectivity index (χ4n) is 6.02. The Hall–Kier alpha value is -0.500. The monoisotopic (exact) mass is 516 g/mol. The van der Waals surface area contributed by atoms with Crippen LogP contribution in [0.1, 0.15) is 92.9 Å². The summed E-state index contributed by atoms with van der Waals surface area (Å²) in [6, 6.07) is 0. The van der Waals surface area contributed by atoms with Gasteiger partial charge in [-0.2, -0.15) is 26.3 Å². The lowest BCUT2D eigenvalue weighted by Crippen LogP contribution is -2.41. The fraction of sp³-hybridized carbons (Fsp3) is 1.00. The largest absolute Gasteiger partial charge is 0.411 e. The van der Waals surface area contributed by atoms with Crippen LogP contribution in [0.25, 0.3) is 0 Å². The third-order valence-electron chi connectivity index (χ3n) is 9.15. The van der Waals surface area contributed by atoms with Crippen molar-refractivity contribution >= 4 is 0 Å². The van der Waals surface area contributed by atoms with E-state index < -0.39 is 31.4 Å². The molecular formula is C27H46F6O2. The second-order valence-electron chi connectivity index (χ2n) is 12.0. The van der Waals surface area contributed by atoms with E-state index in [4.69, 9.17) is 9.47 Å². The van der Waals surface area contributed by atoms with Gasteiger partial charge in [-0.15, -0.1) is 0 Å². The molecule has 2 saturated carbocycles. The Morgan fingerprint density at radius 2 is 1.26 bits per heavy atom. The number of hydrogen-bond acceptors (Lipinski definition) is 2. The van der Waals surface area contributed by atoms with Crippen LogP contribution in [0.2, 0.25) is 0 Å². The summed E-state index contributed by atoms with van der Waals surface area (Å²) in [5, 5.41) is 0. The fourth-order valence-corrected chi connectivity index (χ4v) is 6.02. The molecule has 8 heteroatoms. The summed E-state index contributed by atoms with van der Waals surface area (Å²) >= 11 is 0. The molecule has 2 rings (SSSR count). The van der Waals surface area contributed by atoms with Crippen LogP contribution in [0.4, 0.5) is 26.3 Å². The summed E-state index contributed by atoms with van der Waals surface area (Å²) in [6.45, 7) is 9.40. The Balaban J connectivity index is 1.73. The van der Waals surface area contributed by atoms with Crippen molar-refractivity contribution in [2.45, 2.75) is 111 Å². The minimum absolute atomic E-state index is 0.00826. The van der Waals surface area contributed by atoms with Crippen LogP contribution >= 0.6 is 0 Å². The Morgan fingerprint density at radius 3 is 1.69 bits per heavy atom. The SMILES string of the molecule is CC(C)C(CCCC1CC(CCC(C)(OCC(F)(F)F)OCC(F)(F)F)[C@@H]1C)CCC1C(C)[C@H]1C. The van der Waals surface area contributed by atoms with E-state index in [9.17, 15) is 26.3 Å². The maximum atomic E-state index is 12.6. The summed E-state index contributed by atoms with van der Waals surface area (Å²) in [7, 11) is 0. The smallest absolute Gasteiger partial charge is 0.341 e. The Labute approximate surface area is 207 Å². The lowest BCUT2D eigenvalue weighted by molar-refractivity contribution is -0.307. The van der Waals surface area contributed by atoms with Crippen LogP contribution in [0, 0.1) is 47.3 Å². The lowest BCUT2D eigenvalue weighted by Gasteiger charge is -2.45. The number of rotatable bonds is 15. The third kappa shape index (κ3) is 10.4. The standard InChI is InChI=1S/C27H46F6O2/c1-17(2)21(10-11-24-18(3)19(24)4)8-7-9-22-14-23(20(22)5)12-13-25(6,34-15-26(28,29)30)35-16-27(31,32)33/h17-24H,7-16H2,1-6H3/t18-,19?,20-,21?,22?,23?,24?/m1/s1. The molecule has 0 spiro atoms. The van der Waals surface area contributed by atoms with Crippen molar-refractivity contribution < 1.29 is 35.8 Å². The van der Waals surface area contributed by atoms with Gasteiger partial charge in [0.15, 0.2) is 5.79 Å². The van der Waals surface area contributed by atoms with Gasteiger partial charge in [-0.05, 0) is 80.0 Å². The first-order valence-corrected chi connectivity index (χ1v) is 13.4. The molecule has 0 amide bonds. The highest BCUT2D eigenvalue weighted by Crippen LogP contribution is 2.50. The molecule has 0 saturated heterocycles. The van der Waals surface area contributed by atoms with Gasteiger partial charge in [0.25, 0.3) is 0 Å². The maximum absolute atomic E-state index is 12.6. The van der Waals surface area contributed by atoms with Gasteiger partial charge in [-0.1, -0.05) is 53.9 Å². The van der Waals surface area contributed by atoms with Crippen LogP contribution in [-0.4, -0.2) is 31.4 Å². The predicted octanol–water partition coefficient (Wildman–Crippen LogP) is 9.04. The molecule has 0 aliphatic heterocycles. The molecule has 0 bridgehead atoms. The lowest BCUT2D eigenvalue weighted by atomic mass is 9.62. The average Bonchev–Trinajstić information content (AvgIpc) is 3.31. The van der Waals surface area contributed by atoms with Gasteiger partial charge in [0.2, 0.25) is 0 Å². The molecule has 0 aromatic heterocycles. The summed E-state index contributed by atoms with van der Waals surface area (Å²) in [4.78, 5) is 0. The van der Waals surface area contributed by atoms with Crippen LogP contribution in [0.3, 0.4) is 0 Å². The van der Waals surface area contributed by atoms with E-state index >= 15 is 0 Å². The molecule has 208 valence electrons. The molecule has 2 aliphatic carbocycles. The van der Waals surface area contributed by atoms with Crippen LogP contribution in [-0.2, 0) is 9.47 Å².